The van der Waals surface area contributed by atoms with Gasteiger partial charge in [0.1, 0.15) is 5.69 Å². The zero-order chi connectivity index (χ0) is 22.3. The first-order chi connectivity index (χ1) is 15.4. The quantitative estimate of drug-likeness (QED) is 0.286. The van der Waals surface area contributed by atoms with Crippen molar-refractivity contribution in [2.75, 3.05) is 5.32 Å². The molecule has 0 spiro atoms. The van der Waals surface area contributed by atoms with Gasteiger partial charge in [-0.15, -0.1) is 0 Å². The largest absolute Gasteiger partial charge is 0.359 e. The summed E-state index contributed by atoms with van der Waals surface area (Å²) >= 11 is 7.11. The fourth-order valence-electron chi connectivity index (χ4n) is 4.14. The van der Waals surface area contributed by atoms with Crippen LogP contribution in [0, 0.1) is 6.92 Å². The first-order valence-electron chi connectivity index (χ1n) is 10.5. The number of nitrogens with zero attached hydrogens (tertiary/aromatic N) is 3. The fourth-order valence-corrected chi connectivity index (χ4v) is 4.67. The number of aryl methyl sites for hydroxylation is 1. The van der Waals surface area contributed by atoms with Crippen molar-refractivity contribution >= 4 is 49.1 Å². The standard InChI is InChI=1S/C26H22Br2N4/c1-17-24-25(32(31-17)22-6-4-3-5-7-22)30-26(2,19-10-14-21(28)15-11-19)16-23(29-24)18-8-12-20(27)13-9-18/h3-15,30H,16H2,1-2H3/t26-/m0/s1. The molecule has 0 saturated carbocycles. The lowest BCUT2D eigenvalue weighted by Crippen LogP contribution is -2.34. The molecule has 1 aliphatic heterocycles. The first kappa shape index (κ1) is 21.2. The minimum absolute atomic E-state index is 0.378. The smallest absolute Gasteiger partial charge is 0.156 e. The van der Waals surface area contributed by atoms with Gasteiger partial charge in [-0.25, -0.2) is 9.67 Å². The summed E-state index contributed by atoms with van der Waals surface area (Å²) in [6, 6.07) is 27.1. The highest BCUT2D eigenvalue weighted by Crippen LogP contribution is 2.42. The highest BCUT2D eigenvalue weighted by Gasteiger charge is 2.35. The molecular weight excluding hydrogens is 528 g/mol. The third-order valence-corrected chi connectivity index (χ3v) is 6.91. The maximum atomic E-state index is 5.17. The average molecular weight is 550 g/mol. The molecule has 32 heavy (non-hydrogen) atoms. The number of anilines is 1. The molecule has 1 aliphatic rings. The van der Waals surface area contributed by atoms with Crippen LogP contribution in [0.3, 0.4) is 0 Å². The van der Waals surface area contributed by atoms with Gasteiger partial charge in [-0.1, -0.05) is 74.3 Å². The SMILES string of the molecule is Cc1nn(-c2ccccc2)c2c1N=C(c1ccc(Br)cc1)C[C@@](C)(c1ccc(Br)cc1)N2. The highest BCUT2D eigenvalue weighted by molar-refractivity contribution is 9.10. The van der Waals surface area contributed by atoms with Crippen molar-refractivity contribution in [3.05, 3.63) is 105 Å². The number of halogens is 2. The van der Waals surface area contributed by atoms with E-state index in [0.29, 0.717) is 0 Å². The molecule has 0 unspecified atom stereocenters. The topological polar surface area (TPSA) is 42.2 Å². The van der Waals surface area contributed by atoms with Crippen molar-refractivity contribution in [3.8, 4) is 5.69 Å². The summed E-state index contributed by atoms with van der Waals surface area (Å²) in [7, 11) is 0. The van der Waals surface area contributed by atoms with Gasteiger partial charge in [0.05, 0.1) is 22.6 Å². The Hall–Kier alpha value is -2.70. The minimum atomic E-state index is -0.378. The molecule has 4 nitrogen and oxygen atoms in total. The first-order valence-corrected chi connectivity index (χ1v) is 12.0. The van der Waals surface area contributed by atoms with E-state index in [2.05, 4.69) is 105 Å². The van der Waals surface area contributed by atoms with E-state index in [-0.39, 0.29) is 5.54 Å². The number of fused-ring (bicyclic) bond motifs is 1. The fraction of sp³-hybridized carbons (Fsp3) is 0.154. The molecule has 160 valence electrons. The van der Waals surface area contributed by atoms with Crippen LogP contribution in [0.5, 0.6) is 0 Å². The van der Waals surface area contributed by atoms with E-state index in [1.54, 1.807) is 0 Å². The Morgan fingerprint density at radius 2 is 1.50 bits per heavy atom. The lowest BCUT2D eigenvalue weighted by atomic mass is 9.85. The Morgan fingerprint density at radius 3 is 2.16 bits per heavy atom. The Labute approximate surface area is 204 Å². The third-order valence-electron chi connectivity index (χ3n) is 5.85. The molecule has 1 atom stereocenters. The number of nitrogens with one attached hydrogen (secondary N) is 1. The van der Waals surface area contributed by atoms with Crippen molar-refractivity contribution in [1.29, 1.82) is 0 Å². The molecule has 0 fully saturated rings. The molecule has 4 aromatic rings. The maximum Gasteiger partial charge on any atom is 0.156 e. The molecule has 0 saturated heterocycles. The second-order valence-corrected chi connectivity index (χ2v) is 10.1. The zero-order valence-electron chi connectivity index (χ0n) is 17.8. The molecule has 0 aliphatic carbocycles. The Morgan fingerprint density at radius 1 is 0.875 bits per heavy atom. The van der Waals surface area contributed by atoms with E-state index in [0.717, 1.165) is 49.5 Å². The molecule has 5 rings (SSSR count). The Balaban J connectivity index is 1.72. The van der Waals surface area contributed by atoms with Crippen molar-refractivity contribution in [2.45, 2.75) is 25.8 Å². The van der Waals surface area contributed by atoms with Gasteiger partial charge in [0.25, 0.3) is 0 Å². The number of hydrogen-bond donors (Lipinski definition) is 1. The lowest BCUT2D eigenvalue weighted by molar-refractivity contribution is 0.564. The molecule has 0 bridgehead atoms. The monoisotopic (exact) mass is 548 g/mol. The number of hydrogen-bond acceptors (Lipinski definition) is 3. The van der Waals surface area contributed by atoms with E-state index in [9.17, 15) is 0 Å². The minimum Gasteiger partial charge on any atom is -0.359 e. The maximum absolute atomic E-state index is 5.17. The van der Waals surface area contributed by atoms with E-state index < -0.39 is 0 Å². The second kappa shape index (κ2) is 8.34. The lowest BCUT2D eigenvalue weighted by Gasteiger charge is -2.32. The summed E-state index contributed by atoms with van der Waals surface area (Å²) in [5.74, 6) is 0.909. The molecule has 2 heterocycles. The summed E-state index contributed by atoms with van der Waals surface area (Å²) < 4.78 is 4.08. The van der Waals surface area contributed by atoms with Gasteiger partial charge in [0, 0.05) is 15.4 Å². The van der Waals surface area contributed by atoms with Crippen LogP contribution in [0.25, 0.3) is 5.69 Å². The zero-order valence-corrected chi connectivity index (χ0v) is 21.0. The summed E-state index contributed by atoms with van der Waals surface area (Å²) in [4.78, 5) is 5.17. The molecular formula is C26H22Br2N4. The molecule has 1 N–H and O–H groups in total. The molecule has 6 heteroatoms. The number of para-hydroxylation sites is 1. The van der Waals surface area contributed by atoms with Gasteiger partial charge >= 0.3 is 0 Å². The molecule has 0 radical (unpaired) electrons. The second-order valence-electron chi connectivity index (χ2n) is 8.24. The summed E-state index contributed by atoms with van der Waals surface area (Å²) in [5, 5.41) is 8.68. The summed E-state index contributed by atoms with van der Waals surface area (Å²) in [6.07, 6.45) is 0.735. The predicted octanol–water partition coefficient (Wildman–Crippen LogP) is 7.56. The van der Waals surface area contributed by atoms with Gasteiger partial charge < -0.3 is 5.32 Å². The van der Waals surface area contributed by atoms with Gasteiger partial charge in [-0.3, -0.25) is 0 Å². The number of aromatic nitrogens is 2. The van der Waals surface area contributed by atoms with E-state index in [4.69, 9.17) is 10.1 Å². The van der Waals surface area contributed by atoms with Crippen LogP contribution in [0.1, 0.15) is 30.2 Å². The van der Waals surface area contributed by atoms with Crippen LogP contribution >= 0.6 is 31.9 Å². The van der Waals surface area contributed by atoms with Crippen molar-refractivity contribution in [1.82, 2.24) is 9.78 Å². The summed E-state index contributed by atoms with van der Waals surface area (Å²) in [6.45, 7) is 4.25. The van der Waals surface area contributed by atoms with E-state index in [1.165, 1.54) is 5.56 Å². The van der Waals surface area contributed by atoms with Gasteiger partial charge in [-0.2, -0.15) is 5.10 Å². The van der Waals surface area contributed by atoms with Gasteiger partial charge in [-0.05, 0) is 61.4 Å². The normalized spacial score (nSPS) is 17.8. The van der Waals surface area contributed by atoms with Crippen LogP contribution in [0.4, 0.5) is 11.5 Å². The molecule has 0 amide bonds. The van der Waals surface area contributed by atoms with Gasteiger partial charge in [0.15, 0.2) is 5.82 Å². The number of rotatable bonds is 3. The predicted molar refractivity (Wildman–Crippen MR) is 138 cm³/mol. The summed E-state index contributed by atoms with van der Waals surface area (Å²) in [5.41, 5.74) is 5.74. The van der Waals surface area contributed by atoms with Crippen molar-refractivity contribution in [2.24, 2.45) is 4.99 Å². The number of aliphatic imine (C=N–C) groups is 1. The number of benzene rings is 3. The van der Waals surface area contributed by atoms with Crippen LogP contribution in [-0.2, 0) is 5.54 Å². The third kappa shape index (κ3) is 3.93. The van der Waals surface area contributed by atoms with Crippen LogP contribution in [0.2, 0.25) is 0 Å². The van der Waals surface area contributed by atoms with Crippen LogP contribution in [0.15, 0.2) is 92.8 Å². The average Bonchev–Trinajstić information content (AvgIpc) is 2.99. The van der Waals surface area contributed by atoms with Crippen molar-refractivity contribution in [3.63, 3.8) is 0 Å². The highest BCUT2D eigenvalue weighted by atomic mass is 79.9. The van der Waals surface area contributed by atoms with E-state index >= 15 is 0 Å². The Kier molecular flexibility index (Phi) is 5.51. The van der Waals surface area contributed by atoms with E-state index in [1.807, 2.05) is 29.8 Å². The van der Waals surface area contributed by atoms with Crippen LogP contribution in [-0.4, -0.2) is 15.5 Å². The van der Waals surface area contributed by atoms with Crippen molar-refractivity contribution < 1.29 is 0 Å². The molecule has 3 aromatic carbocycles. The molecule has 1 aromatic heterocycles. The Bertz CT molecular complexity index is 1290. The van der Waals surface area contributed by atoms with Crippen LogP contribution < -0.4 is 5.32 Å². The van der Waals surface area contributed by atoms with Gasteiger partial charge in [0.2, 0.25) is 0 Å².